The highest BCUT2D eigenvalue weighted by Crippen LogP contribution is 2.41. The molecule has 6 heteroatoms. The highest BCUT2D eigenvalue weighted by molar-refractivity contribution is 7.99. The second-order valence-corrected chi connectivity index (χ2v) is 7.15. The van der Waals surface area contributed by atoms with Crippen LogP contribution >= 0.6 is 11.8 Å². The van der Waals surface area contributed by atoms with Crippen LogP contribution in [0.3, 0.4) is 0 Å². The molecule has 0 amide bonds. The van der Waals surface area contributed by atoms with Crippen molar-refractivity contribution in [3.05, 3.63) is 30.3 Å². The van der Waals surface area contributed by atoms with Gasteiger partial charge in [0, 0.05) is 24.9 Å². The molecule has 2 fully saturated rings. The smallest absolute Gasteiger partial charge is 0.228 e. The Morgan fingerprint density at radius 2 is 1.87 bits per heavy atom. The Hall–Kier alpha value is -1.69. The van der Waals surface area contributed by atoms with Gasteiger partial charge in [0.1, 0.15) is 5.75 Å². The average Bonchev–Trinajstić information content (AvgIpc) is 3.11. The van der Waals surface area contributed by atoms with Crippen molar-refractivity contribution in [3.8, 4) is 5.75 Å². The molecule has 2 aromatic rings. The molecule has 0 spiro atoms. The molecule has 2 heterocycles. The minimum absolute atomic E-state index is 0.609. The fraction of sp³-hybridized carbons (Fsp3) is 0.529. The molecule has 5 nitrogen and oxygen atoms in total. The molecule has 2 aliphatic rings. The van der Waals surface area contributed by atoms with Crippen molar-refractivity contribution in [1.82, 2.24) is 14.8 Å². The van der Waals surface area contributed by atoms with E-state index in [0.29, 0.717) is 12.6 Å². The lowest BCUT2D eigenvalue weighted by molar-refractivity contribution is 0.344. The van der Waals surface area contributed by atoms with E-state index in [0.717, 1.165) is 35.7 Å². The number of anilines is 1. The number of hydrogen-bond acceptors (Lipinski definition) is 5. The number of rotatable bonds is 7. The zero-order chi connectivity index (χ0) is 15.5. The quantitative estimate of drug-likeness (QED) is 0.575. The van der Waals surface area contributed by atoms with Crippen LogP contribution in [0.25, 0.3) is 0 Å². The van der Waals surface area contributed by atoms with Crippen LogP contribution in [0, 0.1) is 0 Å². The van der Waals surface area contributed by atoms with Crippen molar-refractivity contribution < 1.29 is 4.74 Å². The molecule has 122 valence electrons. The molecule has 0 atom stereocenters. The fourth-order valence-corrected chi connectivity index (χ4v) is 3.78. The average molecular weight is 330 g/mol. The Bertz CT molecular complexity index is 635. The molecule has 0 radical (unpaired) electrons. The third-order valence-corrected chi connectivity index (χ3v) is 5.18. The number of aromatic nitrogens is 3. The molecule has 1 aromatic heterocycles. The fourth-order valence-electron chi connectivity index (χ4n) is 2.96. The van der Waals surface area contributed by atoms with Crippen LogP contribution in [-0.4, -0.2) is 40.2 Å². The maximum atomic E-state index is 5.76. The summed E-state index contributed by atoms with van der Waals surface area (Å²) < 4.78 is 8.12. The summed E-state index contributed by atoms with van der Waals surface area (Å²) in [5.41, 5.74) is 0. The van der Waals surface area contributed by atoms with Gasteiger partial charge in [-0.05, 0) is 37.8 Å². The van der Waals surface area contributed by atoms with Crippen molar-refractivity contribution >= 4 is 17.7 Å². The van der Waals surface area contributed by atoms with Gasteiger partial charge in [-0.25, -0.2) is 0 Å². The Morgan fingerprint density at radius 1 is 1.09 bits per heavy atom. The number of thioether (sulfide) groups is 1. The first-order chi connectivity index (χ1) is 11.4. The van der Waals surface area contributed by atoms with Crippen molar-refractivity contribution in [3.63, 3.8) is 0 Å². The van der Waals surface area contributed by atoms with Crippen LogP contribution in [-0.2, 0) is 0 Å². The second kappa shape index (κ2) is 6.83. The maximum Gasteiger partial charge on any atom is 0.228 e. The Kier molecular flexibility index (Phi) is 4.41. The topological polar surface area (TPSA) is 43.2 Å². The van der Waals surface area contributed by atoms with Crippen LogP contribution in [0.5, 0.6) is 5.75 Å². The van der Waals surface area contributed by atoms with E-state index in [1.807, 2.05) is 30.3 Å². The first-order valence-corrected chi connectivity index (χ1v) is 9.41. The van der Waals surface area contributed by atoms with Gasteiger partial charge in [-0.3, -0.25) is 4.57 Å². The maximum absolute atomic E-state index is 5.76. The Labute approximate surface area is 141 Å². The van der Waals surface area contributed by atoms with Crippen LogP contribution in [0.4, 0.5) is 5.95 Å². The second-order valence-electron chi connectivity index (χ2n) is 6.09. The van der Waals surface area contributed by atoms with Crippen LogP contribution in [0.1, 0.15) is 31.7 Å². The normalized spacial score (nSPS) is 17.7. The standard InChI is InChI=1S/C17H22N4OS/c1-2-6-15(7-3-1)22-12-13-23-17-19-18-16(20-10-4-5-11-20)21(17)14-8-9-14/h1-3,6-7,14H,4-5,8-13H2. The van der Waals surface area contributed by atoms with Crippen molar-refractivity contribution in [2.75, 3.05) is 30.3 Å². The van der Waals surface area contributed by atoms with Crippen molar-refractivity contribution in [2.45, 2.75) is 36.9 Å². The van der Waals surface area contributed by atoms with E-state index in [4.69, 9.17) is 4.74 Å². The number of nitrogens with zero attached hydrogens (tertiary/aromatic N) is 4. The summed E-state index contributed by atoms with van der Waals surface area (Å²) in [6, 6.07) is 10.6. The Morgan fingerprint density at radius 3 is 2.61 bits per heavy atom. The van der Waals surface area contributed by atoms with E-state index >= 15 is 0 Å². The van der Waals surface area contributed by atoms with Gasteiger partial charge in [-0.2, -0.15) is 0 Å². The number of para-hydroxylation sites is 1. The van der Waals surface area contributed by atoms with Gasteiger partial charge < -0.3 is 9.64 Å². The van der Waals surface area contributed by atoms with Crippen molar-refractivity contribution in [2.24, 2.45) is 0 Å². The summed E-state index contributed by atoms with van der Waals surface area (Å²) in [7, 11) is 0. The van der Waals surface area contributed by atoms with Gasteiger partial charge in [0.15, 0.2) is 5.16 Å². The van der Waals surface area contributed by atoms with Gasteiger partial charge in [0.2, 0.25) is 5.95 Å². The largest absolute Gasteiger partial charge is 0.493 e. The van der Waals surface area contributed by atoms with E-state index in [9.17, 15) is 0 Å². The molecule has 1 aromatic carbocycles. The first kappa shape index (κ1) is 14.9. The highest BCUT2D eigenvalue weighted by atomic mass is 32.2. The molecule has 0 unspecified atom stereocenters. The molecule has 23 heavy (non-hydrogen) atoms. The zero-order valence-corrected chi connectivity index (χ0v) is 14.0. The zero-order valence-electron chi connectivity index (χ0n) is 13.2. The predicted molar refractivity (Wildman–Crippen MR) is 92.4 cm³/mol. The van der Waals surface area contributed by atoms with Gasteiger partial charge in [-0.1, -0.05) is 30.0 Å². The summed E-state index contributed by atoms with van der Waals surface area (Å²) in [5.74, 6) is 2.89. The lowest BCUT2D eigenvalue weighted by Gasteiger charge is -2.17. The van der Waals surface area contributed by atoms with E-state index < -0.39 is 0 Å². The summed E-state index contributed by atoms with van der Waals surface area (Å²) in [5, 5.41) is 9.97. The molecular weight excluding hydrogens is 308 g/mol. The lowest BCUT2D eigenvalue weighted by atomic mass is 10.3. The summed E-state index contributed by atoms with van der Waals surface area (Å²) in [6.07, 6.45) is 5.05. The van der Waals surface area contributed by atoms with Crippen LogP contribution in [0.2, 0.25) is 0 Å². The van der Waals surface area contributed by atoms with Gasteiger partial charge in [0.05, 0.1) is 6.61 Å². The van der Waals surface area contributed by atoms with E-state index in [-0.39, 0.29) is 0 Å². The van der Waals surface area contributed by atoms with E-state index in [1.165, 1.54) is 25.7 Å². The molecule has 1 aliphatic carbocycles. The number of hydrogen-bond donors (Lipinski definition) is 0. The molecule has 0 bridgehead atoms. The SMILES string of the molecule is c1ccc(OCCSc2nnc(N3CCCC3)n2C2CC2)cc1. The third-order valence-electron chi connectivity index (χ3n) is 4.27. The predicted octanol–water partition coefficient (Wildman–Crippen LogP) is 3.38. The summed E-state index contributed by atoms with van der Waals surface area (Å²) in [6.45, 7) is 2.92. The van der Waals surface area contributed by atoms with Crippen molar-refractivity contribution in [1.29, 1.82) is 0 Å². The monoisotopic (exact) mass is 330 g/mol. The van der Waals surface area contributed by atoms with Crippen LogP contribution < -0.4 is 9.64 Å². The first-order valence-electron chi connectivity index (χ1n) is 8.42. The highest BCUT2D eigenvalue weighted by Gasteiger charge is 2.32. The molecular formula is C17H22N4OS. The summed E-state index contributed by atoms with van der Waals surface area (Å²) >= 11 is 1.75. The molecule has 1 aliphatic heterocycles. The van der Waals surface area contributed by atoms with Crippen LogP contribution in [0.15, 0.2) is 35.5 Å². The van der Waals surface area contributed by atoms with Gasteiger partial charge in [0.25, 0.3) is 0 Å². The molecule has 1 saturated carbocycles. The summed E-state index contributed by atoms with van der Waals surface area (Å²) in [4.78, 5) is 2.38. The molecule has 0 N–H and O–H groups in total. The van der Waals surface area contributed by atoms with Gasteiger partial charge >= 0.3 is 0 Å². The van der Waals surface area contributed by atoms with Gasteiger partial charge in [-0.15, -0.1) is 10.2 Å². The third kappa shape index (κ3) is 3.47. The number of benzene rings is 1. The molecule has 1 saturated heterocycles. The van der Waals surface area contributed by atoms with E-state index in [2.05, 4.69) is 19.7 Å². The lowest BCUT2D eigenvalue weighted by Crippen LogP contribution is -2.22. The number of ether oxygens (including phenoxy) is 1. The minimum atomic E-state index is 0.609. The van der Waals surface area contributed by atoms with E-state index in [1.54, 1.807) is 11.8 Å². The Balaban J connectivity index is 1.37. The minimum Gasteiger partial charge on any atom is -0.493 e. The molecule has 4 rings (SSSR count).